The van der Waals surface area contributed by atoms with Crippen molar-refractivity contribution in [3.8, 4) is 0 Å². The van der Waals surface area contributed by atoms with Crippen LogP contribution in [0.5, 0.6) is 0 Å². The fourth-order valence-electron chi connectivity index (χ4n) is 6.71. The van der Waals surface area contributed by atoms with Crippen LogP contribution in [0.2, 0.25) is 0 Å². The highest BCUT2D eigenvalue weighted by atomic mass is 35.5. The Morgan fingerprint density at radius 1 is 0.623 bits per heavy atom. The number of imidazole rings is 2. The number of alkyl halides is 8. The van der Waals surface area contributed by atoms with Crippen molar-refractivity contribution in [2.24, 2.45) is 0 Å². The number of nitrogens with one attached hydrogen (secondary N) is 2. The van der Waals surface area contributed by atoms with Crippen LogP contribution in [0.25, 0.3) is 22.3 Å². The Labute approximate surface area is 457 Å². The standard InChI is InChI=1S/C33H46Cl2F6N10O18P4S4/c1-74-9-5-42-23-17-25(48-29(46-23)76-7-3-31(36,37)38)50(13-44-17)27-21(54)19(52)15(66-27)11-64-72(60,61)68-70(56,57)33(34,35)71(58,59)69-73(62,63)65-12-16-20(53)22(55)28(67-16)51-14-45-18-24(43-6-10-75-2)47-30(49-26(18)51)77-8-4-32(39,40)41/h13-16,19-22,27-28,52-55H,3-12H2,1-2H3,(H,56,57)(H,58,59)(H,60,61)(H,62,63)(H,42,46,48)(H,43,47,49)/t15-,16-,19-,20-,21-,22-,27-,28?/m1/s1. The van der Waals surface area contributed by atoms with E-state index in [4.69, 9.17) is 32.7 Å². The van der Waals surface area contributed by atoms with Crippen molar-refractivity contribution in [2.75, 3.05) is 72.5 Å². The van der Waals surface area contributed by atoms with Gasteiger partial charge < -0.3 is 60.1 Å². The van der Waals surface area contributed by atoms with E-state index in [2.05, 4.69) is 58.2 Å². The zero-order valence-corrected chi connectivity index (χ0v) is 47.4. The van der Waals surface area contributed by atoms with Crippen LogP contribution in [-0.4, -0.2) is 194 Å². The SMILES string of the molecule is CSCCNc1nc(SCCC(F)(F)F)nc2c1ncn2C1O[C@H](COP(=O)(O)OP(=O)(O)C(Cl)(Cl)P(=O)(O)OP(=O)(O)OC[C@H]2O[C@@H](n3cnc4c(NCCSC)nc(SCCC(F)(F)F)nc43)[C@H](O)[C@@H]2O)[C@@H](O)[C@H]1O. The quantitative estimate of drug-likeness (QED) is 0.00864. The van der Waals surface area contributed by atoms with Crippen LogP contribution in [0.15, 0.2) is 23.0 Å². The Kier molecular flexibility index (Phi) is 21.9. The number of fused-ring (bicyclic) bond motifs is 2. The topological polar surface area (TPSA) is 397 Å². The van der Waals surface area contributed by atoms with Gasteiger partial charge in [0.2, 0.25) is 0 Å². The van der Waals surface area contributed by atoms with E-state index in [9.17, 15) is 84.6 Å². The van der Waals surface area contributed by atoms with Gasteiger partial charge in [0.25, 0.3) is 0 Å². The molecule has 0 bridgehead atoms. The first-order valence-electron chi connectivity index (χ1n) is 21.5. The summed E-state index contributed by atoms with van der Waals surface area (Å²) in [6.07, 6.45) is -20.3. The largest absolute Gasteiger partial charge is 0.479 e. The van der Waals surface area contributed by atoms with Gasteiger partial charge in [0.05, 0.1) is 38.7 Å². The Bertz CT molecular complexity index is 2710. The summed E-state index contributed by atoms with van der Waals surface area (Å²) in [6, 6.07) is 0. The molecule has 0 amide bonds. The number of phosphoric ester groups is 2. The molecule has 5 unspecified atom stereocenters. The third-order valence-electron chi connectivity index (χ3n) is 10.4. The van der Waals surface area contributed by atoms with E-state index in [1.807, 2.05) is 12.5 Å². The molecular weight excluding hydrogens is 1260 g/mol. The molecule has 2 fully saturated rings. The first kappa shape index (κ1) is 64.8. The number of rotatable bonds is 28. The van der Waals surface area contributed by atoms with Gasteiger partial charge in [-0.1, -0.05) is 46.7 Å². The normalized spacial score (nSPS) is 25.7. The highest BCUT2D eigenvalue weighted by Crippen LogP contribution is 2.83. The Hall–Kier alpha value is -1.38. The molecule has 0 saturated carbocycles. The van der Waals surface area contributed by atoms with Gasteiger partial charge in [0.1, 0.15) is 36.6 Å². The maximum Gasteiger partial charge on any atom is 0.479 e. The average molecular weight is 1310 g/mol. The maximum atomic E-state index is 13.2. The second-order valence-corrected chi connectivity index (χ2v) is 29.9. The summed E-state index contributed by atoms with van der Waals surface area (Å²) in [6.45, 7) is -1.91. The minimum atomic E-state index is -6.53. The summed E-state index contributed by atoms with van der Waals surface area (Å²) < 4.78 is 157. The number of aromatic nitrogens is 8. The molecule has 10 N–H and O–H groups in total. The van der Waals surface area contributed by atoms with Gasteiger partial charge in [0, 0.05) is 36.1 Å². The predicted molar refractivity (Wildman–Crippen MR) is 267 cm³/mol. The molecular formula is C33H46Cl2F6N10O18P4S4. The number of hydrogen-bond donors (Lipinski definition) is 10. The van der Waals surface area contributed by atoms with Crippen LogP contribution >= 0.6 is 101 Å². The zero-order valence-electron chi connectivity index (χ0n) is 39.0. The van der Waals surface area contributed by atoms with E-state index in [0.29, 0.717) is 48.1 Å². The fraction of sp³-hybridized carbons (Fsp3) is 0.697. The molecule has 28 nitrogen and oxygen atoms in total. The molecule has 77 heavy (non-hydrogen) atoms. The summed E-state index contributed by atoms with van der Waals surface area (Å²) >= 11 is 15.6. The van der Waals surface area contributed by atoms with Crippen molar-refractivity contribution < 1.29 is 112 Å². The van der Waals surface area contributed by atoms with Gasteiger partial charge >= 0.3 is 47.0 Å². The van der Waals surface area contributed by atoms with Crippen LogP contribution in [0.3, 0.4) is 0 Å². The van der Waals surface area contributed by atoms with Gasteiger partial charge in [-0.3, -0.25) is 27.3 Å². The Morgan fingerprint density at radius 3 is 1.32 bits per heavy atom. The molecule has 2 aliphatic rings. The van der Waals surface area contributed by atoms with E-state index in [1.165, 1.54) is 23.5 Å². The first-order chi connectivity index (χ1) is 35.7. The van der Waals surface area contributed by atoms with Crippen molar-refractivity contribution in [3.63, 3.8) is 0 Å². The first-order valence-corrected chi connectivity index (χ1v) is 33.1. The number of phosphoric acid groups is 2. The lowest BCUT2D eigenvalue weighted by atomic mass is 10.1. The lowest BCUT2D eigenvalue weighted by molar-refractivity contribution is -0.130. The van der Waals surface area contributed by atoms with Gasteiger partial charge in [-0.05, 0) is 12.5 Å². The third-order valence-corrected chi connectivity index (χ3v) is 23.1. The van der Waals surface area contributed by atoms with Crippen molar-refractivity contribution in [3.05, 3.63) is 12.7 Å². The Morgan fingerprint density at radius 2 is 0.987 bits per heavy atom. The third kappa shape index (κ3) is 16.5. The van der Waals surface area contributed by atoms with Gasteiger partial charge in [-0.25, -0.2) is 47.7 Å². The second kappa shape index (κ2) is 26.0. The molecule has 0 aliphatic carbocycles. The maximum absolute atomic E-state index is 13.2. The van der Waals surface area contributed by atoms with E-state index in [0.717, 1.165) is 21.8 Å². The smallest absolute Gasteiger partial charge is 0.387 e. The molecule has 4 aromatic heterocycles. The minimum absolute atomic E-state index is 0.0561. The summed E-state index contributed by atoms with van der Waals surface area (Å²) in [7, 11) is -25.2. The molecule has 2 aliphatic heterocycles. The summed E-state index contributed by atoms with van der Waals surface area (Å²) in [5.74, 6) is 0.388. The van der Waals surface area contributed by atoms with E-state index in [-0.39, 0.29) is 44.3 Å². The fourth-order valence-corrected chi connectivity index (χ4v) is 16.1. The molecule has 0 spiro atoms. The molecule has 44 heteroatoms. The molecule has 436 valence electrons. The van der Waals surface area contributed by atoms with Gasteiger partial charge in [-0.2, -0.15) is 49.9 Å². The van der Waals surface area contributed by atoms with Gasteiger partial charge in [-0.15, -0.1) is 0 Å². The molecule has 0 radical (unpaired) electrons. The monoisotopic (exact) mass is 1310 g/mol. The summed E-state index contributed by atoms with van der Waals surface area (Å²) in [5.41, 5.74) is -0.106. The molecule has 0 aromatic carbocycles. The molecule has 6 rings (SSSR count). The van der Waals surface area contributed by atoms with Gasteiger partial charge in [0.15, 0.2) is 56.7 Å². The van der Waals surface area contributed by atoms with Crippen LogP contribution in [0.1, 0.15) is 25.3 Å². The highest BCUT2D eigenvalue weighted by molar-refractivity contribution is 7.99. The number of aliphatic hydroxyl groups excluding tert-OH is 4. The predicted octanol–water partition coefficient (Wildman–Crippen LogP) is 5.27. The second-order valence-electron chi connectivity index (χ2n) is 16.0. The van der Waals surface area contributed by atoms with Crippen molar-refractivity contribution >= 4 is 135 Å². The van der Waals surface area contributed by atoms with Crippen LogP contribution in [0, 0.1) is 0 Å². The zero-order chi connectivity index (χ0) is 57.1. The Balaban J connectivity index is 1.08. The van der Waals surface area contributed by atoms with Crippen LogP contribution in [-0.2, 0) is 45.4 Å². The number of thioether (sulfide) groups is 4. The molecule has 4 aromatic rings. The number of ether oxygens (including phenoxy) is 2. The molecule has 12 atom stereocenters. The number of halogens is 8. The number of nitrogens with zero attached hydrogens (tertiary/aromatic N) is 8. The van der Waals surface area contributed by atoms with E-state index < -0.39 is 134 Å². The van der Waals surface area contributed by atoms with Crippen molar-refractivity contribution in [1.29, 1.82) is 0 Å². The van der Waals surface area contributed by atoms with Crippen molar-refractivity contribution in [1.82, 2.24) is 39.0 Å². The van der Waals surface area contributed by atoms with E-state index in [1.54, 1.807) is 0 Å². The number of hydrogen-bond acceptors (Lipinski definition) is 26. The average Bonchev–Trinajstić information content (AvgIpc) is 4.07. The highest BCUT2D eigenvalue weighted by Gasteiger charge is 2.66. The van der Waals surface area contributed by atoms with E-state index >= 15 is 0 Å². The molecule has 2 saturated heterocycles. The minimum Gasteiger partial charge on any atom is -0.387 e. The lowest BCUT2D eigenvalue weighted by Gasteiger charge is -2.29. The van der Waals surface area contributed by atoms with Crippen molar-refractivity contribution in [2.45, 2.75) is 88.4 Å². The summed E-state index contributed by atoms with van der Waals surface area (Å²) in [4.78, 5) is 67.3. The summed E-state index contributed by atoms with van der Waals surface area (Å²) in [5, 5.41) is 49.2. The number of aliphatic hydroxyl groups is 4. The number of anilines is 2. The van der Waals surface area contributed by atoms with Crippen LogP contribution < -0.4 is 10.6 Å². The lowest BCUT2D eigenvalue weighted by Crippen LogP contribution is -2.33. The van der Waals surface area contributed by atoms with Crippen LogP contribution in [0.4, 0.5) is 38.0 Å². The molecule has 6 heterocycles.